The number of halogens is 1. The van der Waals surface area contributed by atoms with Gasteiger partial charge < -0.3 is 14.6 Å². The highest BCUT2D eigenvalue weighted by Crippen LogP contribution is 2.24. The summed E-state index contributed by atoms with van der Waals surface area (Å²) < 4.78 is 7.57. The first kappa shape index (κ1) is 14.2. The Morgan fingerprint density at radius 2 is 2.13 bits per heavy atom. The summed E-state index contributed by atoms with van der Waals surface area (Å²) in [4.78, 5) is 16.9. The van der Waals surface area contributed by atoms with Gasteiger partial charge in [-0.25, -0.2) is 4.98 Å². The van der Waals surface area contributed by atoms with Gasteiger partial charge >= 0.3 is 0 Å². The van der Waals surface area contributed by atoms with Gasteiger partial charge in [-0.05, 0) is 30.3 Å². The third-order valence-electron chi connectivity index (χ3n) is 3.89. The minimum absolute atomic E-state index is 0.234. The van der Waals surface area contributed by atoms with Crippen LogP contribution < -0.4 is 5.32 Å². The summed E-state index contributed by atoms with van der Waals surface area (Å²) in [5.41, 5.74) is 3.05. The molecule has 2 aromatic carbocycles. The fraction of sp³-hybridized carbons (Fsp3) is 0.176. The molecule has 1 aliphatic heterocycles. The molecule has 0 bridgehead atoms. The Labute approximate surface area is 137 Å². The minimum atomic E-state index is -0.234. The molecule has 1 amide bonds. The fourth-order valence-electron chi connectivity index (χ4n) is 2.78. The Morgan fingerprint density at radius 1 is 1.26 bits per heavy atom. The third-order valence-corrected chi connectivity index (χ3v) is 4.22. The molecular weight excluding hydrogens is 314 g/mol. The zero-order chi connectivity index (χ0) is 15.8. The molecule has 0 atom stereocenters. The van der Waals surface area contributed by atoms with Gasteiger partial charge in [0.15, 0.2) is 0 Å². The van der Waals surface area contributed by atoms with Crippen molar-refractivity contribution in [1.82, 2.24) is 9.55 Å². The third kappa shape index (κ3) is 2.58. The quantitative estimate of drug-likeness (QED) is 0.784. The molecule has 0 saturated carbocycles. The van der Waals surface area contributed by atoms with E-state index in [9.17, 15) is 4.79 Å². The lowest BCUT2D eigenvalue weighted by molar-refractivity contribution is 0.0830. The number of carbonyl (C=O) groups excluding carboxylic acids is 1. The molecule has 2 heterocycles. The van der Waals surface area contributed by atoms with E-state index >= 15 is 0 Å². The summed E-state index contributed by atoms with van der Waals surface area (Å²) in [5.74, 6) is 0.683. The maximum atomic E-state index is 12.3. The van der Waals surface area contributed by atoms with Gasteiger partial charge in [0, 0.05) is 12.2 Å². The number of rotatable bonds is 2. The highest BCUT2D eigenvalue weighted by atomic mass is 35.5. The van der Waals surface area contributed by atoms with Gasteiger partial charge in [0.25, 0.3) is 5.91 Å². The van der Waals surface area contributed by atoms with Crippen LogP contribution in [0.5, 0.6) is 0 Å². The second kappa shape index (κ2) is 5.68. The lowest BCUT2D eigenvalue weighted by atomic mass is 10.2. The van der Waals surface area contributed by atoms with Gasteiger partial charge in [-0.15, -0.1) is 0 Å². The zero-order valence-corrected chi connectivity index (χ0v) is 13.0. The molecule has 0 radical (unpaired) electrons. The standard InChI is InChI=1S/C17H14ClN3O2/c18-13-4-2-1-3-12(13)17(22)19-11-5-6-15-14(9-11)20-16-10-23-8-7-21(15)16/h1-6,9H,7-8,10H2,(H,19,22). The molecule has 116 valence electrons. The summed E-state index contributed by atoms with van der Waals surface area (Å²) in [7, 11) is 0. The number of benzene rings is 2. The molecule has 0 spiro atoms. The largest absolute Gasteiger partial charge is 0.372 e. The molecule has 1 aliphatic rings. The number of imidazole rings is 1. The first-order chi connectivity index (χ1) is 11.2. The van der Waals surface area contributed by atoms with Crippen LogP contribution in [0.4, 0.5) is 5.69 Å². The number of nitrogens with zero attached hydrogens (tertiary/aromatic N) is 2. The molecule has 0 fully saturated rings. The van der Waals surface area contributed by atoms with Crippen molar-refractivity contribution in [2.24, 2.45) is 0 Å². The summed E-state index contributed by atoms with van der Waals surface area (Å²) >= 11 is 6.06. The normalized spacial score (nSPS) is 13.8. The van der Waals surface area contributed by atoms with Crippen LogP contribution in [-0.2, 0) is 17.9 Å². The van der Waals surface area contributed by atoms with Gasteiger partial charge in [0.2, 0.25) is 0 Å². The topological polar surface area (TPSA) is 56.2 Å². The number of nitrogens with one attached hydrogen (secondary N) is 1. The van der Waals surface area contributed by atoms with Crippen LogP contribution in [0, 0.1) is 0 Å². The number of hydrogen-bond acceptors (Lipinski definition) is 3. The van der Waals surface area contributed by atoms with Crippen molar-refractivity contribution < 1.29 is 9.53 Å². The van der Waals surface area contributed by atoms with Crippen LogP contribution in [0.25, 0.3) is 11.0 Å². The molecule has 4 rings (SSSR count). The van der Waals surface area contributed by atoms with Crippen molar-refractivity contribution in [3.63, 3.8) is 0 Å². The Hall–Kier alpha value is -2.37. The van der Waals surface area contributed by atoms with Crippen LogP contribution >= 0.6 is 11.6 Å². The predicted molar refractivity (Wildman–Crippen MR) is 88.8 cm³/mol. The lowest BCUT2D eigenvalue weighted by Gasteiger charge is -2.14. The van der Waals surface area contributed by atoms with E-state index in [1.807, 2.05) is 18.2 Å². The maximum absolute atomic E-state index is 12.3. The minimum Gasteiger partial charge on any atom is -0.372 e. The Bertz CT molecular complexity index is 904. The van der Waals surface area contributed by atoms with Crippen LogP contribution in [0.2, 0.25) is 5.02 Å². The monoisotopic (exact) mass is 327 g/mol. The zero-order valence-electron chi connectivity index (χ0n) is 12.3. The Morgan fingerprint density at radius 3 is 3.00 bits per heavy atom. The van der Waals surface area contributed by atoms with E-state index < -0.39 is 0 Å². The fourth-order valence-corrected chi connectivity index (χ4v) is 3.00. The lowest BCUT2D eigenvalue weighted by Crippen LogP contribution is -2.16. The Kier molecular flexibility index (Phi) is 3.52. The van der Waals surface area contributed by atoms with E-state index in [0.29, 0.717) is 29.5 Å². The molecule has 23 heavy (non-hydrogen) atoms. The van der Waals surface area contributed by atoms with Crippen LogP contribution in [0.3, 0.4) is 0 Å². The molecule has 6 heteroatoms. The van der Waals surface area contributed by atoms with Crippen molar-refractivity contribution in [3.05, 3.63) is 58.9 Å². The summed E-state index contributed by atoms with van der Waals surface area (Å²) in [6, 6.07) is 12.7. The molecule has 0 aliphatic carbocycles. The average Bonchev–Trinajstić information content (AvgIpc) is 2.92. The summed E-state index contributed by atoms with van der Waals surface area (Å²) in [5, 5.41) is 3.30. The first-order valence-electron chi connectivity index (χ1n) is 7.35. The smallest absolute Gasteiger partial charge is 0.257 e. The second-order valence-electron chi connectivity index (χ2n) is 5.37. The highest BCUT2D eigenvalue weighted by Gasteiger charge is 2.16. The van der Waals surface area contributed by atoms with E-state index in [1.54, 1.807) is 24.3 Å². The van der Waals surface area contributed by atoms with E-state index in [-0.39, 0.29) is 5.91 Å². The van der Waals surface area contributed by atoms with Gasteiger partial charge in [-0.2, -0.15) is 0 Å². The average molecular weight is 328 g/mol. The van der Waals surface area contributed by atoms with Crippen molar-refractivity contribution in [2.45, 2.75) is 13.2 Å². The summed E-state index contributed by atoms with van der Waals surface area (Å²) in [6.07, 6.45) is 0. The highest BCUT2D eigenvalue weighted by molar-refractivity contribution is 6.34. The number of hydrogen-bond donors (Lipinski definition) is 1. The number of carbonyl (C=O) groups is 1. The second-order valence-corrected chi connectivity index (χ2v) is 5.78. The SMILES string of the molecule is O=C(Nc1ccc2c(c1)nc1n2CCOC1)c1ccccc1Cl. The van der Waals surface area contributed by atoms with Gasteiger partial charge in [-0.3, -0.25) is 4.79 Å². The Balaban J connectivity index is 1.65. The molecule has 0 saturated heterocycles. The first-order valence-corrected chi connectivity index (χ1v) is 7.73. The van der Waals surface area contributed by atoms with Crippen molar-refractivity contribution in [2.75, 3.05) is 11.9 Å². The van der Waals surface area contributed by atoms with Crippen LogP contribution in [-0.4, -0.2) is 22.1 Å². The number of aromatic nitrogens is 2. The van der Waals surface area contributed by atoms with E-state index in [1.165, 1.54) is 0 Å². The number of amides is 1. The molecule has 0 unspecified atom stereocenters. The van der Waals surface area contributed by atoms with Crippen molar-refractivity contribution in [3.8, 4) is 0 Å². The number of anilines is 1. The predicted octanol–water partition coefficient (Wildman–Crippen LogP) is 3.47. The number of ether oxygens (including phenoxy) is 1. The van der Waals surface area contributed by atoms with Gasteiger partial charge in [0.05, 0.1) is 28.2 Å². The molecule has 1 N–H and O–H groups in total. The summed E-state index contributed by atoms with van der Waals surface area (Å²) in [6.45, 7) is 2.02. The van der Waals surface area contributed by atoms with Crippen LogP contribution in [0.15, 0.2) is 42.5 Å². The molecule has 1 aromatic heterocycles. The maximum Gasteiger partial charge on any atom is 0.257 e. The van der Waals surface area contributed by atoms with E-state index in [2.05, 4.69) is 14.9 Å². The van der Waals surface area contributed by atoms with Crippen molar-refractivity contribution in [1.29, 1.82) is 0 Å². The van der Waals surface area contributed by atoms with Crippen LogP contribution in [0.1, 0.15) is 16.2 Å². The van der Waals surface area contributed by atoms with Gasteiger partial charge in [-0.1, -0.05) is 23.7 Å². The van der Waals surface area contributed by atoms with Gasteiger partial charge in [0.1, 0.15) is 12.4 Å². The molecule has 5 nitrogen and oxygen atoms in total. The van der Waals surface area contributed by atoms with Crippen molar-refractivity contribution >= 4 is 34.2 Å². The van der Waals surface area contributed by atoms with E-state index in [0.717, 1.165) is 23.4 Å². The molecular formula is C17H14ClN3O2. The van der Waals surface area contributed by atoms with E-state index in [4.69, 9.17) is 16.3 Å². The molecule has 3 aromatic rings. The number of fused-ring (bicyclic) bond motifs is 3.